The molecule has 33 heavy (non-hydrogen) atoms. The van der Waals surface area contributed by atoms with Crippen molar-refractivity contribution in [3.8, 4) is 11.5 Å². The van der Waals surface area contributed by atoms with Crippen LogP contribution in [0.15, 0.2) is 35.9 Å². The van der Waals surface area contributed by atoms with E-state index in [0.29, 0.717) is 5.92 Å². The van der Waals surface area contributed by atoms with Gasteiger partial charge in [0.2, 0.25) is 0 Å². The van der Waals surface area contributed by atoms with Gasteiger partial charge >= 0.3 is 5.97 Å². The molecule has 2 fully saturated rings. The lowest BCUT2D eigenvalue weighted by Crippen LogP contribution is -2.50. The lowest BCUT2D eigenvalue weighted by Gasteiger charge is -2.57. The summed E-state index contributed by atoms with van der Waals surface area (Å²) in [5, 5.41) is 0. The molecule has 0 unspecified atom stereocenters. The molecule has 0 bridgehead atoms. The number of ether oxygens (including phenoxy) is 3. The van der Waals surface area contributed by atoms with Gasteiger partial charge < -0.3 is 14.2 Å². The van der Waals surface area contributed by atoms with Crippen molar-refractivity contribution < 1.29 is 19.0 Å². The Hall–Kier alpha value is -2.23. The van der Waals surface area contributed by atoms with E-state index >= 15 is 0 Å². The zero-order chi connectivity index (χ0) is 23.4. The second-order valence-corrected chi connectivity index (χ2v) is 11.1. The van der Waals surface area contributed by atoms with Crippen LogP contribution in [0.1, 0.15) is 71.3 Å². The third-order valence-electron chi connectivity index (χ3n) is 9.67. The molecule has 6 atom stereocenters. The maximum Gasteiger partial charge on any atom is 0.302 e. The first-order valence-electron chi connectivity index (χ1n) is 12.6. The van der Waals surface area contributed by atoms with Crippen LogP contribution in [0.2, 0.25) is 0 Å². The van der Waals surface area contributed by atoms with Gasteiger partial charge in [0, 0.05) is 13.3 Å². The third kappa shape index (κ3) is 3.52. The van der Waals surface area contributed by atoms with E-state index in [9.17, 15) is 4.79 Å². The first-order chi connectivity index (χ1) is 15.8. The Balaban J connectivity index is 1.40. The van der Waals surface area contributed by atoms with Gasteiger partial charge in [-0.1, -0.05) is 37.6 Å². The number of methoxy groups -OCH3 is 2. The highest BCUT2D eigenvalue weighted by atomic mass is 16.5. The van der Waals surface area contributed by atoms with Crippen LogP contribution in [0.4, 0.5) is 0 Å². The molecule has 0 heterocycles. The van der Waals surface area contributed by atoms with E-state index in [-0.39, 0.29) is 22.9 Å². The average molecular weight is 451 g/mol. The summed E-state index contributed by atoms with van der Waals surface area (Å²) in [5.74, 6) is 3.57. The van der Waals surface area contributed by atoms with Crippen LogP contribution in [-0.4, -0.2) is 26.3 Å². The number of esters is 1. The second-order valence-electron chi connectivity index (χ2n) is 11.1. The molecule has 4 heteroatoms. The smallest absolute Gasteiger partial charge is 0.302 e. The summed E-state index contributed by atoms with van der Waals surface area (Å²) in [5.41, 5.74) is 4.78. The van der Waals surface area contributed by atoms with Crippen molar-refractivity contribution >= 4 is 11.5 Å². The minimum absolute atomic E-state index is 0.0667. The summed E-state index contributed by atoms with van der Waals surface area (Å²) in [6.07, 6.45) is 13.0. The van der Waals surface area contributed by atoms with E-state index < -0.39 is 0 Å². The van der Waals surface area contributed by atoms with Crippen molar-refractivity contribution in [3.05, 3.63) is 41.5 Å². The van der Waals surface area contributed by atoms with Gasteiger partial charge in [-0.25, -0.2) is 0 Å². The minimum Gasteiger partial charge on any atom is -0.493 e. The summed E-state index contributed by atoms with van der Waals surface area (Å²) < 4.78 is 16.7. The molecule has 0 aromatic heterocycles. The van der Waals surface area contributed by atoms with Crippen LogP contribution in [0.3, 0.4) is 0 Å². The molecular weight excluding hydrogens is 412 g/mol. The number of hydrogen-bond donors (Lipinski definition) is 0. The van der Waals surface area contributed by atoms with Crippen molar-refractivity contribution in [1.82, 2.24) is 0 Å². The molecule has 2 saturated carbocycles. The predicted octanol–water partition coefficient (Wildman–Crippen LogP) is 6.59. The summed E-state index contributed by atoms with van der Waals surface area (Å²) >= 11 is 0. The SMILES string of the molecule is COc1ccc(C2=CC[C@H]3[C@@H]4CC=C5C[C@@H](OC(C)=O)CC[C@]5(C)[C@H]4CC[C@]23C)cc1OC. The number of benzene rings is 1. The molecule has 4 aliphatic rings. The van der Waals surface area contributed by atoms with E-state index in [2.05, 4.69) is 38.1 Å². The molecule has 178 valence electrons. The highest BCUT2D eigenvalue weighted by molar-refractivity contribution is 5.74. The maximum absolute atomic E-state index is 11.5. The minimum atomic E-state index is -0.147. The number of fused-ring (bicyclic) bond motifs is 5. The Kier molecular flexibility index (Phi) is 5.61. The topological polar surface area (TPSA) is 44.8 Å². The normalized spacial score (nSPS) is 37.1. The van der Waals surface area contributed by atoms with Gasteiger partial charge in [0.05, 0.1) is 14.2 Å². The fourth-order valence-electron chi connectivity index (χ4n) is 7.98. The van der Waals surface area contributed by atoms with Gasteiger partial charge in [-0.2, -0.15) is 0 Å². The highest BCUT2D eigenvalue weighted by Crippen LogP contribution is 2.66. The fraction of sp³-hybridized carbons (Fsp3) is 0.621. The Labute approximate surface area is 198 Å². The number of carbonyl (C=O) groups excluding carboxylic acids is 1. The molecule has 0 saturated heterocycles. The average Bonchev–Trinajstić information content (AvgIpc) is 3.15. The first kappa shape index (κ1) is 22.6. The zero-order valence-corrected chi connectivity index (χ0v) is 20.8. The standard InChI is InChI=1S/C29H38O4/c1-18(30)33-21-12-14-28(2)20(17-21)7-8-22-24-10-9-23(29(24,3)15-13-25(22)28)19-6-11-26(31-4)27(16-19)32-5/h6-7,9,11,16,21-22,24-25H,8,10,12-15,17H2,1-5H3/t21-,22-,24-,25-,28-,29+/m0/s1. The molecular formula is C29H38O4. The Morgan fingerprint density at radius 2 is 1.70 bits per heavy atom. The van der Waals surface area contributed by atoms with Gasteiger partial charge in [-0.05, 0) is 90.4 Å². The molecule has 0 aliphatic heterocycles. The van der Waals surface area contributed by atoms with Crippen molar-refractivity contribution in [2.45, 2.75) is 71.8 Å². The first-order valence-corrected chi connectivity index (χ1v) is 12.6. The second kappa shape index (κ2) is 8.21. The number of hydrogen-bond acceptors (Lipinski definition) is 4. The maximum atomic E-state index is 11.5. The molecule has 4 nitrogen and oxygen atoms in total. The molecule has 1 aromatic carbocycles. The Morgan fingerprint density at radius 3 is 2.42 bits per heavy atom. The van der Waals surface area contributed by atoms with E-state index in [1.807, 2.05) is 6.07 Å². The quantitative estimate of drug-likeness (QED) is 0.383. The van der Waals surface area contributed by atoms with Crippen LogP contribution in [0.25, 0.3) is 5.57 Å². The molecule has 0 amide bonds. The van der Waals surface area contributed by atoms with Gasteiger partial charge in [0.15, 0.2) is 11.5 Å². The molecule has 0 radical (unpaired) electrons. The Morgan fingerprint density at radius 1 is 0.939 bits per heavy atom. The molecule has 5 rings (SSSR count). The third-order valence-corrected chi connectivity index (χ3v) is 9.67. The Bertz CT molecular complexity index is 1010. The van der Waals surface area contributed by atoms with Crippen molar-refractivity contribution in [2.75, 3.05) is 14.2 Å². The van der Waals surface area contributed by atoms with Gasteiger partial charge in [-0.3, -0.25) is 4.79 Å². The molecule has 1 aromatic rings. The molecule has 0 spiro atoms. The largest absolute Gasteiger partial charge is 0.493 e. The summed E-state index contributed by atoms with van der Waals surface area (Å²) in [6.45, 7) is 6.53. The van der Waals surface area contributed by atoms with E-state index in [1.165, 1.54) is 30.9 Å². The van der Waals surface area contributed by atoms with Crippen LogP contribution in [0.5, 0.6) is 11.5 Å². The number of allylic oxidation sites excluding steroid dienone is 3. The fourth-order valence-corrected chi connectivity index (χ4v) is 7.98. The highest BCUT2D eigenvalue weighted by Gasteiger charge is 2.57. The monoisotopic (exact) mass is 450 g/mol. The lowest BCUT2D eigenvalue weighted by atomic mass is 9.47. The van der Waals surface area contributed by atoms with Crippen molar-refractivity contribution in [3.63, 3.8) is 0 Å². The molecule has 4 aliphatic carbocycles. The predicted molar refractivity (Wildman–Crippen MR) is 130 cm³/mol. The van der Waals surface area contributed by atoms with Gasteiger partial charge in [-0.15, -0.1) is 0 Å². The van der Waals surface area contributed by atoms with Gasteiger partial charge in [0.1, 0.15) is 6.10 Å². The van der Waals surface area contributed by atoms with Crippen molar-refractivity contribution in [2.24, 2.45) is 28.6 Å². The van der Waals surface area contributed by atoms with E-state index in [4.69, 9.17) is 14.2 Å². The summed E-state index contributed by atoms with van der Waals surface area (Å²) in [7, 11) is 3.40. The summed E-state index contributed by atoms with van der Waals surface area (Å²) in [6, 6.07) is 6.39. The van der Waals surface area contributed by atoms with Crippen LogP contribution in [-0.2, 0) is 9.53 Å². The van der Waals surface area contributed by atoms with Crippen LogP contribution < -0.4 is 9.47 Å². The number of carbonyl (C=O) groups is 1. The molecule has 0 N–H and O–H groups in total. The van der Waals surface area contributed by atoms with Crippen LogP contribution in [0, 0.1) is 28.6 Å². The van der Waals surface area contributed by atoms with E-state index in [1.54, 1.807) is 19.8 Å². The lowest BCUT2D eigenvalue weighted by molar-refractivity contribution is -0.148. The zero-order valence-electron chi connectivity index (χ0n) is 20.8. The van der Waals surface area contributed by atoms with Crippen LogP contribution >= 0.6 is 0 Å². The van der Waals surface area contributed by atoms with E-state index in [0.717, 1.165) is 55.4 Å². The summed E-state index contributed by atoms with van der Waals surface area (Å²) in [4.78, 5) is 11.5. The van der Waals surface area contributed by atoms with Gasteiger partial charge in [0.25, 0.3) is 0 Å². The number of rotatable bonds is 4. The van der Waals surface area contributed by atoms with Crippen molar-refractivity contribution in [1.29, 1.82) is 0 Å².